The Morgan fingerprint density at radius 1 is 1.17 bits per heavy atom. The molecular weight excluding hydrogens is 300 g/mol. The van der Waals surface area contributed by atoms with Crippen molar-refractivity contribution in [3.8, 4) is 0 Å². The van der Waals surface area contributed by atoms with Crippen molar-refractivity contribution in [2.24, 2.45) is 0 Å². The fourth-order valence-electron chi connectivity index (χ4n) is 3.01. The van der Waals surface area contributed by atoms with Crippen molar-refractivity contribution in [2.75, 3.05) is 43.1 Å². The fraction of sp³-hybridized carbons (Fsp3) is 0.533. The Morgan fingerprint density at radius 3 is 2.78 bits per heavy atom. The quantitative estimate of drug-likeness (QED) is 0.908. The highest BCUT2D eigenvalue weighted by molar-refractivity contribution is 6.04. The van der Waals surface area contributed by atoms with Crippen LogP contribution in [0.5, 0.6) is 0 Å². The number of aromatic nitrogens is 2. The number of nitrogens with zero attached hydrogens (tertiary/aromatic N) is 3. The van der Waals surface area contributed by atoms with Crippen molar-refractivity contribution < 1.29 is 18.9 Å². The lowest BCUT2D eigenvalue weighted by Gasteiger charge is -2.28. The molecular formula is C15H18N4O4. The molecule has 0 bridgehead atoms. The second-order valence-corrected chi connectivity index (χ2v) is 5.68. The largest absolute Gasteiger partial charge is 0.378 e. The molecule has 0 radical (unpaired) electrons. The molecule has 1 aromatic carbocycles. The average molecular weight is 318 g/mol. The maximum absolute atomic E-state index is 12.2. The van der Waals surface area contributed by atoms with Gasteiger partial charge in [-0.15, -0.1) is 0 Å². The number of hydrogen-bond acceptors (Lipinski definition) is 7. The summed E-state index contributed by atoms with van der Waals surface area (Å²) in [5.41, 5.74) is 2.75. The van der Waals surface area contributed by atoms with Crippen LogP contribution in [0.25, 0.3) is 11.0 Å². The van der Waals surface area contributed by atoms with E-state index >= 15 is 0 Å². The lowest BCUT2D eigenvalue weighted by Crippen LogP contribution is -2.36. The van der Waals surface area contributed by atoms with E-state index in [4.69, 9.17) is 14.1 Å². The van der Waals surface area contributed by atoms with Gasteiger partial charge < -0.3 is 19.7 Å². The molecule has 1 amide bonds. The lowest BCUT2D eigenvalue weighted by atomic mass is 10.2. The fourth-order valence-corrected chi connectivity index (χ4v) is 3.01. The zero-order valence-electron chi connectivity index (χ0n) is 12.7. The van der Waals surface area contributed by atoms with Crippen molar-refractivity contribution in [2.45, 2.75) is 18.9 Å². The average Bonchev–Trinajstić information content (AvgIpc) is 3.28. The molecule has 2 saturated heterocycles. The van der Waals surface area contributed by atoms with Gasteiger partial charge in [-0.1, -0.05) is 0 Å². The minimum Gasteiger partial charge on any atom is -0.378 e. The number of fused-ring (bicyclic) bond motifs is 1. The van der Waals surface area contributed by atoms with Gasteiger partial charge in [0.2, 0.25) is 0 Å². The van der Waals surface area contributed by atoms with E-state index in [1.165, 1.54) is 0 Å². The van der Waals surface area contributed by atoms with E-state index in [2.05, 4.69) is 20.5 Å². The minimum absolute atomic E-state index is 0.147. The van der Waals surface area contributed by atoms with Gasteiger partial charge >= 0.3 is 0 Å². The number of amides is 1. The van der Waals surface area contributed by atoms with Gasteiger partial charge in [0.15, 0.2) is 11.0 Å². The molecule has 0 aliphatic carbocycles. The molecule has 23 heavy (non-hydrogen) atoms. The molecule has 1 aromatic heterocycles. The summed E-state index contributed by atoms with van der Waals surface area (Å²) < 4.78 is 15.7. The molecule has 1 atom stereocenters. The topological polar surface area (TPSA) is 89.7 Å². The number of morpholine rings is 1. The van der Waals surface area contributed by atoms with Gasteiger partial charge in [0.25, 0.3) is 5.91 Å². The summed E-state index contributed by atoms with van der Waals surface area (Å²) in [6.07, 6.45) is 1.27. The first kappa shape index (κ1) is 14.4. The molecule has 1 N–H and O–H groups in total. The van der Waals surface area contributed by atoms with E-state index in [0.29, 0.717) is 36.5 Å². The van der Waals surface area contributed by atoms with Crippen molar-refractivity contribution in [3.63, 3.8) is 0 Å². The number of ether oxygens (including phenoxy) is 2. The Balaban J connectivity index is 1.61. The van der Waals surface area contributed by atoms with Gasteiger partial charge in [-0.05, 0) is 35.3 Å². The van der Waals surface area contributed by atoms with Crippen LogP contribution in [0.3, 0.4) is 0 Å². The highest BCUT2D eigenvalue weighted by atomic mass is 16.6. The van der Waals surface area contributed by atoms with Crippen LogP contribution < -0.4 is 10.2 Å². The van der Waals surface area contributed by atoms with Crippen LogP contribution in [0, 0.1) is 0 Å². The zero-order valence-corrected chi connectivity index (χ0v) is 12.7. The van der Waals surface area contributed by atoms with Crippen LogP contribution in [0.2, 0.25) is 0 Å². The Bertz CT molecular complexity index is 705. The summed E-state index contributed by atoms with van der Waals surface area (Å²) in [4.78, 5) is 14.4. The van der Waals surface area contributed by atoms with Crippen molar-refractivity contribution in [1.29, 1.82) is 0 Å². The highest BCUT2D eigenvalue weighted by Crippen LogP contribution is 2.30. The standard InChI is InChI=1S/C15H18N4O4/c20-15(12-2-1-7-22-12)16-10-3-4-11(14-13(10)17-23-18-14)19-5-8-21-9-6-19/h3-4,12H,1-2,5-9H2,(H,16,20). The third kappa shape index (κ3) is 2.75. The first-order valence-corrected chi connectivity index (χ1v) is 7.83. The number of rotatable bonds is 3. The zero-order chi connectivity index (χ0) is 15.6. The molecule has 0 spiro atoms. The molecule has 2 aliphatic heterocycles. The number of carbonyl (C=O) groups excluding carboxylic acids is 1. The second-order valence-electron chi connectivity index (χ2n) is 5.68. The molecule has 2 aromatic rings. The van der Waals surface area contributed by atoms with Crippen LogP contribution in [-0.4, -0.2) is 55.2 Å². The Kier molecular flexibility index (Phi) is 3.84. The smallest absolute Gasteiger partial charge is 0.253 e. The highest BCUT2D eigenvalue weighted by Gasteiger charge is 2.25. The molecule has 1 unspecified atom stereocenters. The molecule has 3 heterocycles. The number of anilines is 2. The van der Waals surface area contributed by atoms with Gasteiger partial charge in [0, 0.05) is 19.7 Å². The SMILES string of the molecule is O=C(Nc1ccc(N2CCOCC2)c2nonc12)C1CCCO1. The third-order valence-electron chi connectivity index (χ3n) is 4.23. The summed E-state index contributed by atoms with van der Waals surface area (Å²) in [7, 11) is 0. The Hall–Kier alpha value is -2.19. The van der Waals surface area contributed by atoms with Crippen molar-refractivity contribution >= 4 is 28.3 Å². The van der Waals surface area contributed by atoms with Crippen LogP contribution in [0.15, 0.2) is 16.8 Å². The summed E-state index contributed by atoms with van der Waals surface area (Å²) in [5, 5.41) is 10.8. The van der Waals surface area contributed by atoms with Gasteiger partial charge in [-0.3, -0.25) is 4.79 Å². The third-order valence-corrected chi connectivity index (χ3v) is 4.23. The van der Waals surface area contributed by atoms with E-state index in [1.54, 1.807) is 0 Å². The molecule has 8 nitrogen and oxygen atoms in total. The van der Waals surface area contributed by atoms with Gasteiger partial charge in [-0.2, -0.15) is 0 Å². The molecule has 0 saturated carbocycles. The van der Waals surface area contributed by atoms with E-state index in [0.717, 1.165) is 31.6 Å². The number of benzene rings is 1. The summed E-state index contributed by atoms with van der Waals surface area (Å²) >= 11 is 0. The summed E-state index contributed by atoms with van der Waals surface area (Å²) in [6.45, 7) is 3.59. The van der Waals surface area contributed by atoms with E-state index in [1.807, 2.05) is 12.1 Å². The normalized spacial score (nSPS) is 21.7. The first-order chi connectivity index (χ1) is 11.3. The Labute approximate surface area is 132 Å². The van der Waals surface area contributed by atoms with Crippen LogP contribution in [-0.2, 0) is 14.3 Å². The van der Waals surface area contributed by atoms with E-state index in [-0.39, 0.29) is 12.0 Å². The Morgan fingerprint density at radius 2 is 2.00 bits per heavy atom. The van der Waals surface area contributed by atoms with Crippen molar-refractivity contribution in [1.82, 2.24) is 10.3 Å². The molecule has 8 heteroatoms. The molecule has 122 valence electrons. The monoisotopic (exact) mass is 318 g/mol. The van der Waals surface area contributed by atoms with Gasteiger partial charge in [0.05, 0.1) is 24.6 Å². The van der Waals surface area contributed by atoms with Gasteiger partial charge in [-0.25, -0.2) is 4.63 Å². The van der Waals surface area contributed by atoms with Crippen LogP contribution in [0.4, 0.5) is 11.4 Å². The summed E-state index contributed by atoms with van der Waals surface area (Å²) in [5.74, 6) is -0.147. The predicted molar refractivity (Wildman–Crippen MR) is 82.4 cm³/mol. The molecule has 2 aliphatic rings. The second kappa shape index (κ2) is 6.13. The van der Waals surface area contributed by atoms with Gasteiger partial charge in [0.1, 0.15) is 6.10 Å². The molecule has 2 fully saturated rings. The number of nitrogens with one attached hydrogen (secondary N) is 1. The maximum Gasteiger partial charge on any atom is 0.253 e. The summed E-state index contributed by atoms with van der Waals surface area (Å²) in [6, 6.07) is 3.77. The van der Waals surface area contributed by atoms with Crippen LogP contribution >= 0.6 is 0 Å². The van der Waals surface area contributed by atoms with E-state index < -0.39 is 0 Å². The van der Waals surface area contributed by atoms with Crippen molar-refractivity contribution in [3.05, 3.63) is 12.1 Å². The van der Waals surface area contributed by atoms with Crippen LogP contribution in [0.1, 0.15) is 12.8 Å². The number of hydrogen-bond donors (Lipinski definition) is 1. The minimum atomic E-state index is -0.385. The van der Waals surface area contributed by atoms with E-state index in [9.17, 15) is 4.79 Å². The maximum atomic E-state index is 12.2. The first-order valence-electron chi connectivity index (χ1n) is 7.83. The lowest BCUT2D eigenvalue weighted by molar-refractivity contribution is -0.124. The predicted octanol–water partition coefficient (Wildman–Crippen LogP) is 1.18. The molecule has 4 rings (SSSR count). The number of carbonyl (C=O) groups is 1.